The van der Waals surface area contributed by atoms with Gasteiger partial charge in [-0.3, -0.25) is 10.1 Å². The van der Waals surface area contributed by atoms with Crippen molar-refractivity contribution in [2.75, 3.05) is 5.32 Å². The molecule has 4 nitrogen and oxygen atoms in total. The highest BCUT2D eigenvalue weighted by Gasteiger charge is 2.25. The zero-order chi connectivity index (χ0) is 14.7. The number of nitro groups is 1. The molecule has 2 rings (SSSR count). The van der Waals surface area contributed by atoms with Gasteiger partial charge in [-0.05, 0) is 31.6 Å². The SMILES string of the molecule is CCC1CCC(Nc2c(F)cc(F)cc2[N+](=O)[O-])CC1. The van der Waals surface area contributed by atoms with Crippen molar-refractivity contribution >= 4 is 11.4 Å². The van der Waals surface area contributed by atoms with E-state index in [2.05, 4.69) is 12.2 Å². The number of anilines is 1. The van der Waals surface area contributed by atoms with Gasteiger partial charge in [-0.1, -0.05) is 13.3 Å². The lowest BCUT2D eigenvalue weighted by Crippen LogP contribution is -2.26. The molecule has 0 aromatic heterocycles. The van der Waals surface area contributed by atoms with Crippen molar-refractivity contribution in [3.63, 3.8) is 0 Å². The molecule has 0 spiro atoms. The zero-order valence-corrected chi connectivity index (χ0v) is 11.4. The molecule has 0 aliphatic heterocycles. The fraction of sp³-hybridized carbons (Fsp3) is 0.571. The quantitative estimate of drug-likeness (QED) is 0.664. The number of rotatable bonds is 4. The predicted molar refractivity (Wildman–Crippen MR) is 72.7 cm³/mol. The molecule has 1 fully saturated rings. The molecule has 20 heavy (non-hydrogen) atoms. The Labute approximate surface area is 116 Å². The molecular formula is C14H18F2N2O2. The van der Waals surface area contributed by atoms with E-state index in [0.29, 0.717) is 12.0 Å². The molecule has 1 aliphatic carbocycles. The Kier molecular flexibility index (Phi) is 4.52. The molecule has 0 atom stereocenters. The van der Waals surface area contributed by atoms with E-state index in [1.165, 1.54) is 0 Å². The van der Waals surface area contributed by atoms with Gasteiger partial charge in [-0.2, -0.15) is 0 Å². The van der Waals surface area contributed by atoms with Gasteiger partial charge >= 0.3 is 0 Å². The second kappa shape index (κ2) is 6.15. The number of hydrogen-bond donors (Lipinski definition) is 1. The monoisotopic (exact) mass is 284 g/mol. The molecule has 0 radical (unpaired) electrons. The van der Waals surface area contributed by atoms with Crippen LogP contribution in [-0.2, 0) is 0 Å². The van der Waals surface area contributed by atoms with E-state index < -0.39 is 22.2 Å². The summed E-state index contributed by atoms with van der Waals surface area (Å²) in [5.74, 6) is -1.16. The average Bonchev–Trinajstić information content (AvgIpc) is 2.42. The lowest BCUT2D eigenvalue weighted by molar-refractivity contribution is -0.384. The van der Waals surface area contributed by atoms with Gasteiger partial charge in [0, 0.05) is 12.1 Å². The molecule has 1 aromatic rings. The number of benzene rings is 1. The van der Waals surface area contributed by atoms with Crippen molar-refractivity contribution in [1.82, 2.24) is 0 Å². The number of nitrogens with one attached hydrogen (secondary N) is 1. The van der Waals surface area contributed by atoms with Gasteiger partial charge < -0.3 is 5.32 Å². The highest BCUT2D eigenvalue weighted by molar-refractivity contribution is 5.63. The van der Waals surface area contributed by atoms with E-state index in [9.17, 15) is 18.9 Å². The molecule has 1 N–H and O–H groups in total. The van der Waals surface area contributed by atoms with E-state index in [1.54, 1.807) is 0 Å². The van der Waals surface area contributed by atoms with Crippen molar-refractivity contribution in [2.24, 2.45) is 5.92 Å². The molecule has 0 heterocycles. The average molecular weight is 284 g/mol. The van der Waals surface area contributed by atoms with Crippen LogP contribution in [0.5, 0.6) is 0 Å². The summed E-state index contributed by atoms with van der Waals surface area (Å²) in [7, 11) is 0. The van der Waals surface area contributed by atoms with Crippen molar-refractivity contribution in [2.45, 2.75) is 45.1 Å². The van der Waals surface area contributed by atoms with Gasteiger partial charge in [0.25, 0.3) is 5.69 Å². The van der Waals surface area contributed by atoms with Crippen LogP contribution >= 0.6 is 0 Å². The van der Waals surface area contributed by atoms with Crippen LogP contribution in [0, 0.1) is 27.7 Å². The van der Waals surface area contributed by atoms with Crippen LogP contribution in [0.25, 0.3) is 0 Å². The molecule has 0 bridgehead atoms. The first-order chi connectivity index (χ1) is 9.51. The summed E-state index contributed by atoms with van der Waals surface area (Å²) in [6.45, 7) is 2.14. The largest absolute Gasteiger partial charge is 0.374 e. The Hall–Kier alpha value is -1.72. The maximum Gasteiger partial charge on any atom is 0.298 e. The summed E-state index contributed by atoms with van der Waals surface area (Å²) < 4.78 is 26.8. The molecule has 0 amide bonds. The summed E-state index contributed by atoms with van der Waals surface area (Å²) in [5, 5.41) is 13.8. The fourth-order valence-electron chi connectivity index (χ4n) is 2.77. The predicted octanol–water partition coefficient (Wildman–Crippen LogP) is 4.25. The van der Waals surface area contributed by atoms with Crippen LogP contribution in [0.1, 0.15) is 39.0 Å². The maximum atomic E-state index is 13.8. The summed E-state index contributed by atoms with van der Waals surface area (Å²) in [6, 6.07) is 1.44. The Morgan fingerprint density at radius 2 is 1.95 bits per heavy atom. The third-order valence-electron chi connectivity index (χ3n) is 4.00. The van der Waals surface area contributed by atoms with Crippen molar-refractivity contribution < 1.29 is 13.7 Å². The summed E-state index contributed by atoms with van der Waals surface area (Å²) >= 11 is 0. The second-order valence-electron chi connectivity index (χ2n) is 5.31. The molecular weight excluding hydrogens is 266 g/mol. The van der Waals surface area contributed by atoms with Gasteiger partial charge in [0.1, 0.15) is 11.5 Å². The summed E-state index contributed by atoms with van der Waals surface area (Å²) in [4.78, 5) is 10.1. The first-order valence-electron chi connectivity index (χ1n) is 6.91. The molecule has 1 aliphatic rings. The Morgan fingerprint density at radius 1 is 1.30 bits per heavy atom. The lowest BCUT2D eigenvalue weighted by Gasteiger charge is -2.29. The third-order valence-corrected chi connectivity index (χ3v) is 4.00. The fourth-order valence-corrected chi connectivity index (χ4v) is 2.77. The molecule has 1 saturated carbocycles. The van der Waals surface area contributed by atoms with E-state index >= 15 is 0 Å². The van der Waals surface area contributed by atoms with Gasteiger partial charge in [0.2, 0.25) is 0 Å². The smallest absolute Gasteiger partial charge is 0.298 e. The van der Waals surface area contributed by atoms with E-state index in [1.807, 2.05) is 0 Å². The Morgan fingerprint density at radius 3 is 2.50 bits per heavy atom. The van der Waals surface area contributed by atoms with Gasteiger partial charge in [0.15, 0.2) is 5.82 Å². The Bertz CT molecular complexity index is 500. The standard InChI is InChI=1S/C14H18F2N2O2/c1-2-9-3-5-11(6-4-9)17-14-12(16)7-10(15)8-13(14)18(19)20/h7-9,11,17H,2-6H2,1H3. The number of nitro benzene ring substituents is 1. The minimum absolute atomic E-state index is 0.0106. The van der Waals surface area contributed by atoms with Crippen LogP contribution in [0.4, 0.5) is 20.2 Å². The third kappa shape index (κ3) is 3.23. The van der Waals surface area contributed by atoms with Gasteiger partial charge in [-0.25, -0.2) is 8.78 Å². The lowest BCUT2D eigenvalue weighted by atomic mass is 9.84. The van der Waals surface area contributed by atoms with E-state index in [0.717, 1.165) is 38.2 Å². The van der Waals surface area contributed by atoms with Crippen molar-refractivity contribution in [3.05, 3.63) is 33.9 Å². The minimum Gasteiger partial charge on any atom is -0.374 e. The van der Waals surface area contributed by atoms with Crippen molar-refractivity contribution in [1.29, 1.82) is 0 Å². The topological polar surface area (TPSA) is 55.2 Å². The Balaban J connectivity index is 2.15. The zero-order valence-electron chi connectivity index (χ0n) is 11.4. The van der Waals surface area contributed by atoms with Crippen LogP contribution in [0.2, 0.25) is 0 Å². The summed E-state index contributed by atoms with van der Waals surface area (Å²) in [5.41, 5.74) is -0.739. The highest BCUT2D eigenvalue weighted by Crippen LogP contribution is 2.33. The van der Waals surface area contributed by atoms with Crippen LogP contribution in [-0.4, -0.2) is 11.0 Å². The minimum atomic E-state index is -0.936. The molecule has 0 saturated heterocycles. The van der Waals surface area contributed by atoms with Gasteiger partial charge in [-0.15, -0.1) is 0 Å². The van der Waals surface area contributed by atoms with E-state index in [-0.39, 0.29) is 11.7 Å². The molecule has 6 heteroatoms. The van der Waals surface area contributed by atoms with Crippen LogP contribution in [0.3, 0.4) is 0 Å². The van der Waals surface area contributed by atoms with Gasteiger partial charge in [0.05, 0.1) is 11.0 Å². The molecule has 1 aromatic carbocycles. The number of nitrogens with zero attached hydrogens (tertiary/aromatic N) is 1. The van der Waals surface area contributed by atoms with Crippen LogP contribution in [0.15, 0.2) is 12.1 Å². The van der Waals surface area contributed by atoms with Crippen LogP contribution < -0.4 is 5.32 Å². The first-order valence-corrected chi connectivity index (χ1v) is 6.91. The second-order valence-corrected chi connectivity index (χ2v) is 5.31. The molecule has 110 valence electrons. The number of hydrogen-bond acceptors (Lipinski definition) is 3. The maximum absolute atomic E-state index is 13.8. The highest BCUT2D eigenvalue weighted by atomic mass is 19.1. The molecule has 0 unspecified atom stereocenters. The van der Waals surface area contributed by atoms with Crippen molar-refractivity contribution in [3.8, 4) is 0 Å². The van der Waals surface area contributed by atoms with E-state index in [4.69, 9.17) is 0 Å². The number of halogens is 2. The normalized spacial score (nSPS) is 22.6. The summed E-state index contributed by atoms with van der Waals surface area (Å²) in [6.07, 6.45) is 4.90. The first kappa shape index (κ1) is 14.7.